The van der Waals surface area contributed by atoms with Crippen molar-refractivity contribution in [3.63, 3.8) is 0 Å². The third-order valence-electron chi connectivity index (χ3n) is 9.58. The summed E-state index contributed by atoms with van der Waals surface area (Å²) in [5.74, 6) is 1.24. The number of carbonyl (C=O) groups excluding carboxylic acids is 2. The number of rotatable bonds is 7. The van der Waals surface area contributed by atoms with Crippen LogP contribution >= 0.6 is 11.6 Å². The minimum atomic E-state index is -0.955. The number of nitrogens with two attached hydrogens (primary N) is 2. The number of primary amides is 1. The molecule has 0 aromatic rings. The summed E-state index contributed by atoms with van der Waals surface area (Å²) in [6.07, 6.45) is 7.97. The van der Waals surface area contributed by atoms with Crippen LogP contribution in [0.1, 0.15) is 77.6 Å². The molecule has 7 unspecified atom stereocenters. The number of amides is 2. The number of alkyl halides is 2. The van der Waals surface area contributed by atoms with E-state index in [1.165, 1.54) is 0 Å². The number of halogens is 2. The SMILES string of the molecule is C[C@@H](NC(=O)C1CC2CCC(C(=N)N)CC2N1CC1CCC(C(N)=O)CC1)C1CCC(F)C(Cl)C1. The molecule has 1 saturated heterocycles. The third-order valence-corrected chi connectivity index (χ3v) is 10.0. The summed E-state index contributed by atoms with van der Waals surface area (Å²) in [6, 6.07) is 0.0137. The zero-order chi connectivity index (χ0) is 25.3. The molecule has 0 aromatic carbocycles. The van der Waals surface area contributed by atoms with Crippen molar-refractivity contribution in [2.24, 2.45) is 41.1 Å². The van der Waals surface area contributed by atoms with E-state index in [0.717, 1.165) is 64.3 Å². The maximum atomic E-state index is 13.8. The van der Waals surface area contributed by atoms with Crippen molar-refractivity contribution >= 4 is 29.3 Å². The molecule has 0 aromatic heterocycles. The molecule has 3 saturated carbocycles. The second-order valence-corrected chi connectivity index (χ2v) is 12.3. The van der Waals surface area contributed by atoms with Crippen molar-refractivity contribution in [3.8, 4) is 0 Å². The first-order valence-corrected chi connectivity index (χ1v) is 14.0. The number of nitrogens with zero attached hydrogens (tertiary/aromatic N) is 1. The predicted molar refractivity (Wildman–Crippen MR) is 136 cm³/mol. The Kier molecular flexibility index (Phi) is 8.62. The number of hydrogen-bond donors (Lipinski definition) is 4. The molecule has 1 aliphatic heterocycles. The number of hydrogen-bond acceptors (Lipinski definition) is 4. The molecular weight excluding hydrogens is 469 g/mol. The highest BCUT2D eigenvalue weighted by Gasteiger charge is 2.48. The van der Waals surface area contributed by atoms with Crippen LogP contribution in [-0.4, -0.2) is 58.8 Å². The monoisotopic (exact) mass is 511 g/mol. The summed E-state index contributed by atoms with van der Waals surface area (Å²) in [4.78, 5) is 27.6. The second-order valence-electron chi connectivity index (χ2n) is 11.8. The van der Waals surface area contributed by atoms with Crippen LogP contribution in [-0.2, 0) is 9.59 Å². The quantitative estimate of drug-likeness (QED) is 0.237. The normalized spacial score (nSPS) is 41.1. The van der Waals surface area contributed by atoms with E-state index in [2.05, 4.69) is 10.2 Å². The van der Waals surface area contributed by atoms with E-state index in [-0.39, 0.29) is 53.5 Å². The van der Waals surface area contributed by atoms with Crippen LogP contribution in [0.2, 0.25) is 0 Å². The topological polar surface area (TPSA) is 125 Å². The first kappa shape index (κ1) is 26.6. The first-order valence-electron chi connectivity index (χ1n) is 13.6. The van der Waals surface area contributed by atoms with E-state index in [0.29, 0.717) is 24.7 Å². The van der Waals surface area contributed by atoms with E-state index in [4.69, 9.17) is 28.5 Å². The number of fused-ring (bicyclic) bond motifs is 1. The van der Waals surface area contributed by atoms with Gasteiger partial charge in [0.05, 0.1) is 17.3 Å². The lowest BCUT2D eigenvalue weighted by molar-refractivity contribution is -0.127. The highest BCUT2D eigenvalue weighted by atomic mass is 35.5. The first-order chi connectivity index (χ1) is 16.6. The molecule has 0 bridgehead atoms. The average Bonchev–Trinajstić information content (AvgIpc) is 3.18. The van der Waals surface area contributed by atoms with Gasteiger partial charge in [0, 0.05) is 30.5 Å². The van der Waals surface area contributed by atoms with E-state index < -0.39 is 11.5 Å². The summed E-state index contributed by atoms with van der Waals surface area (Å²) >= 11 is 6.20. The van der Waals surface area contributed by atoms with Crippen LogP contribution in [0.4, 0.5) is 4.39 Å². The average molecular weight is 512 g/mol. The second kappa shape index (κ2) is 11.3. The van der Waals surface area contributed by atoms with Crippen LogP contribution < -0.4 is 16.8 Å². The Morgan fingerprint density at radius 1 is 1.03 bits per heavy atom. The Morgan fingerprint density at radius 3 is 2.34 bits per heavy atom. The van der Waals surface area contributed by atoms with E-state index in [1.807, 2.05) is 6.92 Å². The van der Waals surface area contributed by atoms with Crippen LogP contribution in [0.5, 0.6) is 0 Å². The molecule has 9 heteroatoms. The van der Waals surface area contributed by atoms with E-state index >= 15 is 0 Å². The molecule has 0 radical (unpaired) electrons. The van der Waals surface area contributed by atoms with Gasteiger partial charge in [-0.25, -0.2) is 4.39 Å². The Balaban J connectivity index is 1.43. The lowest BCUT2D eigenvalue weighted by Gasteiger charge is -2.40. The number of nitrogens with one attached hydrogen (secondary N) is 2. The molecular formula is C26H43ClFN5O2. The molecule has 198 valence electrons. The van der Waals surface area contributed by atoms with Crippen molar-refractivity contribution in [2.45, 2.75) is 107 Å². The fraction of sp³-hybridized carbons (Fsp3) is 0.885. The minimum absolute atomic E-state index is 0.0283. The van der Waals surface area contributed by atoms with Crippen molar-refractivity contribution in [3.05, 3.63) is 0 Å². The number of likely N-dealkylation sites (tertiary alicyclic amines) is 1. The van der Waals surface area contributed by atoms with E-state index in [1.54, 1.807) is 0 Å². The van der Waals surface area contributed by atoms with Gasteiger partial charge in [0.1, 0.15) is 6.17 Å². The zero-order valence-corrected chi connectivity index (χ0v) is 21.7. The van der Waals surface area contributed by atoms with E-state index in [9.17, 15) is 14.0 Å². The molecule has 2 amide bonds. The molecule has 4 rings (SSSR count). The molecule has 7 nitrogen and oxygen atoms in total. The van der Waals surface area contributed by atoms with Crippen LogP contribution in [0.3, 0.4) is 0 Å². The zero-order valence-electron chi connectivity index (χ0n) is 20.9. The molecule has 8 atom stereocenters. The van der Waals surface area contributed by atoms with Crippen molar-refractivity contribution < 1.29 is 14.0 Å². The highest BCUT2D eigenvalue weighted by Crippen LogP contribution is 2.43. The summed E-state index contributed by atoms with van der Waals surface area (Å²) < 4.78 is 13.8. The van der Waals surface area contributed by atoms with Crippen LogP contribution in [0.15, 0.2) is 0 Å². The Hall–Kier alpha value is -1.41. The number of carbonyl (C=O) groups is 2. The molecule has 1 heterocycles. The molecule has 4 fully saturated rings. The van der Waals surface area contributed by atoms with Crippen molar-refractivity contribution in [1.29, 1.82) is 5.41 Å². The van der Waals surface area contributed by atoms with Gasteiger partial charge in [-0.05, 0) is 95.3 Å². The fourth-order valence-corrected chi connectivity index (χ4v) is 7.63. The molecule has 35 heavy (non-hydrogen) atoms. The van der Waals surface area contributed by atoms with Gasteiger partial charge in [-0.2, -0.15) is 0 Å². The molecule has 3 aliphatic carbocycles. The van der Waals surface area contributed by atoms with Crippen molar-refractivity contribution in [1.82, 2.24) is 10.2 Å². The summed E-state index contributed by atoms with van der Waals surface area (Å²) in [5, 5.41) is 10.8. The fourth-order valence-electron chi connectivity index (χ4n) is 7.28. The van der Waals surface area contributed by atoms with Gasteiger partial charge in [-0.3, -0.25) is 19.9 Å². The lowest BCUT2D eigenvalue weighted by Crippen LogP contribution is -2.52. The Labute approximate surface area is 213 Å². The lowest BCUT2D eigenvalue weighted by atomic mass is 9.77. The summed E-state index contributed by atoms with van der Waals surface area (Å²) in [5.41, 5.74) is 11.4. The van der Waals surface area contributed by atoms with Gasteiger partial charge in [0.15, 0.2) is 0 Å². The van der Waals surface area contributed by atoms with Crippen LogP contribution in [0, 0.1) is 35.0 Å². The molecule has 4 aliphatic rings. The number of amidine groups is 1. The Morgan fingerprint density at radius 2 is 1.71 bits per heavy atom. The smallest absolute Gasteiger partial charge is 0.237 e. The van der Waals surface area contributed by atoms with Gasteiger partial charge in [-0.1, -0.05) is 0 Å². The summed E-state index contributed by atoms with van der Waals surface area (Å²) in [6.45, 7) is 2.86. The van der Waals surface area contributed by atoms with Crippen molar-refractivity contribution in [2.75, 3.05) is 6.54 Å². The standard InChI is InChI=1S/C26H43ClFN5O2/c1-14(17-8-9-21(28)20(27)10-17)32-26(35)23-11-18-6-7-19(24(29)30)12-22(18)33(23)13-15-2-4-16(5-3-15)25(31)34/h14-23H,2-13H2,1H3,(H3,29,30)(H2,31,34)(H,32,35)/t14-,15?,16?,17?,18?,19?,20?,21?,22?,23?/m1/s1. The summed E-state index contributed by atoms with van der Waals surface area (Å²) in [7, 11) is 0. The largest absolute Gasteiger partial charge is 0.387 e. The third kappa shape index (κ3) is 6.12. The predicted octanol–water partition coefficient (Wildman–Crippen LogP) is 3.32. The Bertz CT molecular complexity index is 792. The van der Waals surface area contributed by atoms with Gasteiger partial charge < -0.3 is 16.8 Å². The van der Waals surface area contributed by atoms with Gasteiger partial charge in [0.25, 0.3) is 0 Å². The van der Waals surface area contributed by atoms with Gasteiger partial charge >= 0.3 is 0 Å². The maximum Gasteiger partial charge on any atom is 0.237 e. The molecule has 0 spiro atoms. The molecule has 6 N–H and O–H groups in total. The van der Waals surface area contributed by atoms with Crippen LogP contribution in [0.25, 0.3) is 0 Å². The maximum absolute atomic E-state index is 13.8. The minimum Gasteiger partial charge on any atom is -0.387 e. The van der Waals surface area contributed by atoms with Gasteiger partial charge in [-0.15, -0.1) is 11.6 Å². The van der Waals surface area contributed by atoms with Gasteiger partial charge in [0.2, 0.25) is 11.8 Å². The highest BCUT2D eigenvalue weighted by molar-refractivity contribution is 6.21.